The molecule has 0 aliphatic carbocycles. The summed E-state index contributed by atoms with van der Waals surface area (Å²) in [6, 6.07) is 0. The molecule has 2 N–H and O–H groups in total. The fourth-order valence-corrected chi connectivity index (χ4v) is 0.763. The van der Waals surface area contributed by atoms with Crippen molar-refractivity contribution in [3.8, 4) is 0 Å². The summed E-state index contributed by atoms with van der Waals surface area (Å²) in [5.41, 5.74) is 0. The molecule has 1 heterocycles. The van der Waals surface area contributed by atoms with Crippen LogP contribution in [0.5, 0.6) is 0 Å². The molecule has 1 rings (SSSR count). The molecule has 0 fully saturated rings. The fraction of sp³-hybridized carbons (Fsp3) is 0.250. The fourth-order valence-electron chi connectivity index (χ4n) is 0.466. The van der Waals surface area contributed by atoms with Crippen molar-refractivity contribution >= 4 is 15.2 Å². The van der Waals surface area contributed by atoms with Crippen LogP contribution in [-0.4, -0.2) is 46.2 Å². The Morgan fingerprint density at radius 1 is 1.25 bits per heavy atom. The molecule has 6 nitrogen and oxygen atoms in total. The van der Waals surface area contributed by atoms with Gasteiger partial charge < -0.3 is 17.1 Å². The Labute approximate surface area is 117 Å². The zero-order chi connectivity index (χ0) is 11.7. The number of nitrogens with zero attached hydrogens (tertiary/aromatic N) is 2. The van der Waals surface area contributed by atoms with Crippen LogP contribution in [0.15, 0.2) is 24.8 Å². The Bertz CT molecular complexity index is 361. The smallest absolute Gasteiger partial charge is 0.393 e. The molecule has 0 aliphatic rings. The standard InChI is InChI=1S/C4H4N2.C4H7O4S.Na/c1-2-6-4-3-5-1;1-3(9(7)8)4(6)2-5;/h1-4H;4-6H,1-2H2;/q;-1;+1. The first-order valence-electron chi connectivity index (χ1n) is 3.86. The van der Waals surface area contributed by atoms with E-state index < -0.39 is 27.9 Å². The van der Waals surface area contributed by atoms with Gasteiger partial charge >= 0.3 is 29.6 Å². The molecule has 0 bridgehead atoms. The third-order valence-electron chi connectivity index (χ3n) is 1.24. The van der Waals surface area contributed by atoms with Crippen molar-refractivity contribution in [1.82, 2.24) is 9.97 Å². The van der Waals surface area contributed by atoms with E-state index in [1.165, 1.54) is 0 Å². The Hall–Kier alpha value is -0.310. The Kier molecular flexibility index (Phi) is 12.6. The van der Waals surface area contributed by atoms with Crippen molar-refractivity contribution in [3.05, 3.63) is 31.7 Å². The molecule has 1 unspecified atom stereocenters. The first-order chi connectivity index (χ1) is 7.09. The van der Waals surface area contributed by atoms with Gasteiger partial charge in [0, 0.05) is 24.8 Å². The summed E-state index contributed by atoms with van der Waals surface area (Å²) >= 11 is 0. The van der Waals surface area contributed by atoms with Crippen LogP contribution in [-0.2, 0) is 10.3 Å². The summed E-state index contributed by atoms with van der Waals surface area (Å²) in [6.45, 7) is 2.38. The summed E-state index contributed by atoms with van der Waals surface area (Å²) in [6.07, 6.45) is 5.20. The van der Waals surface area contributed by atoms with Crippen LogP contribution in [0.4, 0.5) is 0 Å². The zero-order valence-electron chi connectivity index (χ0n) is 8.81. The van der Waals surface area contributed by atoms with E-state index in [4.69, 9.17) is 10.2 Å². The molecular formula is C8H11N2NaO4S. The third-order valence-corrected chi connectivity index (χ3v) is 1.94. The van der Waals surface area contributed by atoms with Crippen LogP contribution in [0.1, 0.15) is 0 Å². The molecule has 0 spiro atoms. The van der Waals surface area contributed by atoms with Gasteiger partial charge in [0.1, 0.15) is 0 Å². The normalized spacial score (nSPS) is 10.2. The number of aliphatic hydroxyl groups is 2. The van der Waals surface area contributed by atoms with Gasteiger partial charge in [0.05, 0.1) is 12.7 Å². The van der Waals surface area contributed by atoms with Gasteiger partial charge in [0.2, 0.25) is 0 Å². The predicted octanol–water partition coefficient (Wildman–Crippen LogP) is -4.29. The quantitative estimate of drug-likeness (QED) is 0.315. The second kappa shape index (κ2) is 11.2. The van der Waals surface area contributed by atoms with Crippen LogP contribution >= 0.6 is 0 Å². The van der Waals surface area contributed by atoms with Crippen molar-refractivity contribution in [2.75, 3.05) is 6.61 Å². The topological polar surface area (TPSA) is 100 Å². The van der Waals surface area contributed by atoms with Crippen molar-refractivity contribution in [3.63, 3.8) is 0 Å². The van der Waals surface area contributed by atoms with Crippen LogP contribution in [0, 0.1) is 6.92 Å². The van der Waals surface area contributed by atoms with Crippen LogP contribution < -0.4 is 29.6 Å². The van der Waals surface area contributed by atoms with E-state index in [1.807, 2.05) is 0 Å². The van der Waals surface area contributed by atoms with E-state index in [-0.39, 0.29) is 29.6 Å². The summed E-state index contributed by atoms with van der Waals surface area (Å²) in [7, 11) is -2.49. The van der Waals surface area contributed by atoms with E-state index in [2.05, 4.69) is 16.9 Å². The number of hydrogen-bond acceptors (Lipinski definition) is 6. The minimum atomic E-state index is -2.49. The van der Waals surface area contributed by atoms with Gasteiger partial charge in [0.25, 0.3) is 0 Å². The molecule has 8 heteroatoms. The molecule has 0 radical (unpaired) electrons. The summed E-state index contributed by atoms with van der Waals surface area (Å²) in [5.74, 6) is 0. The molecule has 0 amide bonds. The van der Waals surface area contributed by atoms with E-state index >= 15 is 0 Å². The molecule has 0 saturated carbocycles. The Balaban J connectivity index is 0. The van der Waals surface area contributed by atoms with Gasteiger partial charge in [-0.05, 0) is 0 Å². The SMILES string of the molecule is [CH2-]C(C(O)CO)=S(=O)=O.[Na+].c1cnccn1. The van der Waals surface area contributed by atoms with Crippen LogP contribution in [0.3, 0.4) is 0 Å². The second-order valence-corrected chi connectivity index (χ2v) is 3.29. The molecule has 84 valence electrons. The molecule has 1 atom stereocenters. The maximum Gasteiger partial charge on any atom is 1.00 e. The first kappa shape index (κ1) is 18.1. The number of aliphatic hydroxyl groups excluding tert-OH is 2. The van der Waals surface area contributed by atoms with Crippen LogP contribution in [0.2, 0.25) is 0 Å². The van der Waals surface area contributed by atoms with E-state index in [0.29, 0.717) is 0 Å². The predicted molar refractivity (Wildman–Crippen MR) is 54.4 cm³/mol. The van der Waals surface area contributed by atoms with E-state index in [1.54, 1.807) is 24.8 Å². The summed E-state index contributed by atoms with van der Waals surface area (Å²) in [5, 5.41) is 16.7. The minimum absolute atomic E-state index is 0. The van der Waals surface area contributed by atoms with E-state index in [0.717, 1.165) is 0 Å². The van der Waals surface area contributed by atoms with Gasteiger partial charge in [-0.25, -0.2) is 0 Å². The average molecular weight is 254 g/mol. The maximum atomic E-state index is 9.93. The summed E-state index contributed by atoms with van der Waals surface area (Å²) in [4.78, 5) is 7.05. The van der Waals surface area contributed by atoms with Crippen LogP contribution in [0.25, 0.3) is 0 Å². The molecule has 1 aromatic heterocycles. The third kappa shape index (κ3) is 8.96. The van der Waals surface area contributed by atoms with Crippen molar-refractivity contribution in [1.29, 1.82) is 0 Å². The average Bonchev–Trinajstić information content (AvgIpc) is 2.30. The largest absolute Gasteiger partial charge is 1.00 e. The van der Waals surface area contributed by atoms with Gasteiger partial charge in [-0.1, -0.05) is 4.86 Å². The second-order valence-electron chi connectivity index (χ2n) is 2.29. The molecule has 0 aliphatic heterocycles. The Morgan fingerprint density at radius 3 is 1.75 bits per heavy atom. The number of rotatable bonds is 2. The molecule has 1 aromatic rings. The van der Waals surface area contributed by atoms with Gasteiger partial charge in [-0.15, -0.1) is 0 Å². The van der Waals surface area contributed by atoms with Gasteiger partial charge in [-0.3, -0.25) is 9.97 Å². The van der Waals surface area contributed by atoms with Gasteiger partial charge in [0.15, 0.2) is 10.3 Å². The van der Waals surface area contributed by atoms with Crippen molar-refractivity contribution < 1.29 is 48.2 Å². The minimum Gasteiger partial charge on any atom is -0.393 e. The van der Waals surface area contributed by atoms with Crippen molar-refractivity contribution in [2.24, 2.45) is 0 Å². The van der Waals surface area contributed by atoms with Gasteiger partial charge in [-0.2, -0.15) is 8.42 Å². The van der Waals surface area contributed by atoms with Crippen molar-refractivity contribution in [2.45, 2.75) is 6.10 Å². The first-order valence-corrected chi connectivity index (χ1v) is 4.94. The Morgan fingerprint density at radius 2 is 1.62 bits per heavy atom. The van der Waals surface area contributed by atoms with E-state index in [9.17, 15) is 8.42 Å². The molecule has 16 heavy (non-hydrogen) atoms. The monoisotopic (exact) mass is 254 g/mol. The number of aromatic nitrogens is 2. The molecular weight excluding hydrogens is 243 g/mol. The maximum absolute atomic E-state index is 9.93. The number of hydrogen-bond donors (Lipinski definition) is 2. The summed E-state index contributed by atoms with van der Waals surface area (Å²) < 4.78 is 19.9. The zero-order valence-corrected chi connectivity index (χ0v) is 11.6. The molecule has 0 aromatic carbocycles. The molecule has 0 saturated heterocycles.